The van der Waals surface area contributed by atoms with Crippen LogP contribution in [-0.4, -0.2) is 91.1 Å². The SMILES string of the molecule is CC(=O)O.CCCCOc1ccc(C2CC(CCN(CC)OC)N(CC(=O)N(CCC)OCCC)C2)cc1C. The molecule has 0 aromatic heterocycles. The average Bonchev–Trinajstić information content (AvgIpc) is 3.30. The van der Waals surface area contributed by atoms with Gasteiger partial charge in [-0.15, -0.1) is 0 Å². The molecule has 9 heteroatoms. The minimum Gasteiger partial charge on any atom is -0.493 e. The van der Waals surface area contributed by atoms with Gasteiger partial charge in [-0.2, -0.15) is 5.06 Å². The number of hydroxylamine groups is 4. The molecular weight excluding hydrogens is 498 g/mol. The van der Waals surface area contributed by atoms with Crippen molar-refractivity contribution in [3.8, 4) is 5.75 Å². The van der Waals surface area contributed by atoms with E-state index in [0.29, 0.717) is 31.7 Å². The van der Waals surface area contributed by atoms with Gasteiger partial charge in [-0.1, -0.05) is 46.2 Å². The highest BCUT2D eigenvalue weighted by molar-refractivity contribution is 5.77. The Morgan fingerprint density at radius 2 is 1.79 bits per heavy atom. The number of nitrogens with zero attached hydrogens (tertiary/aromatic N) is 3. The number of rotatable bonds is 17. The zero-order valence-electron chi connectivity index (χ0n) is 25.4. The van der Waals surface area contributed by atoms with Gasteiger partial charge in [0, 0.05) is 39.1 Å². The lowest BCUT2D eigenvalue weighted by molar-refractivity contribution is -0.188. The fourth-order valence-electron chi connectivity index (χ4n) is 4.72. The molecule has 0 saturated carbocycles. The van der Waals surface area contributed by atoms with Gasteiger partial charge in [0.25, 0.3) is 11.9 Å². The van der Waals surface area contributed by atoms with E-state index in [-0.39, 0.29) is 5.91 Å². The maximum atomic E-state index is 13.2. The number of ether oxygens (including phenoxy) is 1. The van der Waals surface area contributed by atoms with Crippen molar-refractivity contribution in [3.05, 3.63) is 29.3 Å². The molecule has 224 valence electrons. The average molecular weight is 552 g/mol. The van der Waals surface area contributed by atoms with Gasteiger partial charge >= 0.3 is 0 Å². The molecule has 1 N–H and O–H groups in total. The van der Waals surface area contributed by atoms with Crippen LogP contribution in [0.3, 0.4) is 0 Å². The molecule has 2 rings (SSSR count). The van der Waals surface area contributed by atoms with Gasteiger partial charge in [-0.3, -0.25) is 19.3 Å². The Bertz CT molecular complexity index is 829. The van der Waals surface area contributed by atoms with E-state index in [0.717, 1.165) is 77.4 Å². The summed E-state index contributed by atoms with van der Waals surface area (Å²) in [7, 11) is 1.73. The highest BCUT2D eigenvalue weighted by atomic mass is 16.7. The monoisotopic (exact) mass is 551 g/mol. The molecule has 2 atom stereocenters. The van der Waals surface area contributed by atoms with Crippen LogP contribution in [0.5, 0.6) is 5.75 Å². The number of aryl methyl sites for hydroxylation is 1. The molecule has 1 saturated heterocycles. The molecular formula is C30H53N3O6. The van der Waals surface area contributed by atoms with Crippen LogP contribution in [0.15, 0.2) is 18.2 Å². The molecule has 9 nitrogen and oxygen atoms in total. The normalized spacial score (nSPS) is 17.1. The summed E-state index contributed by atoms with van der Waals surface area (Å²) < 4.78 is 5.97. The number of unbranched alkanes of at least 4 members (excludes halogenated alkanes) is 1. The number of aliphatic carboxylic acids is 1. The molecule has 0 radical (unpaired) electrons. The summed E-state index contributed by atoms with van der Waals surface area (Å²) in [5.41, 5.74) is 2.51. The summed E-state index contributed by atoms with van der Waals surface area (Å²) in [6, 6.07) is 6.93. The summed E-state index contributed by atoms with van der Waals surface area (Å²) in [5.74, 6) is 0.594. The molecule has 2 unspecified atom stereocenters. The number of likely N-dealkylation sites (tertiary alicyclic amines) is 1. The molecule has 0 bridgehead atoms. The van der Waals surface area contributed by atoms with E-state index >= 15 is 0 Å². The van der Waals surface area contributed by atoms with Crippen molar-refractivity contribution in [2.45, 2.75) is 92.0 Å². The molecule has 0 aliphatic carbocycles. The maximum absolute atomic E-state index is 13.2. The Kier molecular flexibility index (Phi) is 17.7. The van der Waals surface area contributed by atoms with Gasteiger partial charge in [-0.25, -0.2) is 5.06 Å². The first-order valence-electron chi connectivity index (χ1n) is 14.6. The minimum atomic E-state index is -0.833. The third-order valence-electron chi connectivity index (χ3n) is 6.77. The molecule has 39 heavy (non-hydrogen) atoms. The van der Waals surface area contributed by atoms with Gasteiger partial charge in [-0.05, 0) is 62.1 Å². The highest BCUT2D eigenvalue weighted by Gasteiger charge is 2.35. The smallest absolute Gasteiger partial charge is 0.300 e. The lowest BCUT2D eigenvalue weighted by atomic mass is 9.94. The van der Waals surface area contributed by atoms with Crippen LogP contribution in [0.2, 0.25) is 0 Å². The molecule has 1 aromatic rings. The molecule has 1 fully saturated rings. The Balaban J connectivity index is 0.00000177. The van der Waals surface area contributed by atoms with E-state index in [1.165, 1.54) is 11.1 Å². The van der Waals surface area contributed by atoms with Crippen LogP contribution in [0, 0.1) is 6.92 Å². The number of benzene rings is 1. The summed E-state index contributed by atoms with van der Waals surface area (Å²) in [6.45, 7) is 16.6. The van der Waals surface area contributed by atoms with Crippen LogP contribution >= 0.6 is 0 Å². The van der Waals surface area contributed by atoms with Gasteiger partial charge in [0.15, 0.2) is 0 Å². The van der Waals surface area contributed by atoms with Crippen LogP contribution in [-0.2, 0) is 19.3 Å². The predicted molar refractivity (Wildman–Crippen MR) is 155 cm³/mol. The van der Waals surface area contributed by atoms with Crippen molar-refractivity contribution in [3.63, 3.8) is 0 Å². The van der Waals surface area contributed by atoms with Crippen LogP contribution < -0.4 is 4.74 Å². The highest BCUT2D eigenvalue weighted by Crippen LogP contribution is 2.35. The number of hydrogen-bond donors (Lipinski definition) is 1. The van der Waals surface area contributed by atoms with Crippen molar-refractivity contribution in [2.75, 3.05) is 53.0 Å². The third-order valence-corrected chi connectivity index (χ3v) is 6.77. The second-order valence-corrected chi connectivity index (χ2v) is 10.1. The van der Waals surface area contributed by atoms with Crippen LogP contribution in [0.4, 0.5) is 0 Å². The van der Waals surface area contributed by atoms with Crippen molar-refractivity contribution in [2.24, 2.45) is 0 Å². The van der Waals surface area contributed by atoms with E-state index in [1.54, 1.807) is 12.2 Å². The molecule has 0 spiro atoms. The molecule has 1 aromatic carbocycles. The zero-order chi connectivity index (χ0) is 29.2. The Labute approximate surface area is 236 Å². The lowest BCUT2D eigenvalue weighted by Crippen LogP contribution is -2.43. The first kappa shape index (κ1) is 34.8. The van der Waals surface area contributed by atoms with E-state index in [1.807, 2.05) is 5.06 Å². The lowest BCUT2D eigenvalue weighted by Gasteiger charge is -2.29. The largest absolute Gasteiger partial charge is 0.493 e. The number of carbonyl (C=O) groups is 2. The number of carboxylic acid groups (broad SMARTS) is 1. The van der Waals surface area contributed by atoms with Gasteiger partial charge in [0.05, 0.1) is 26.9 Å². The third kappa shape index (κ3) is 13.1. The van der Waals surface area contributed by atoms with Crippen molar-refractivity contribution < 1.29 is 29.1 Å². The van der Waals surface area contributed by atoms with Crippen molar-refractivity contribution >= 4 is 11.9 Å². The maximum Gasteiger partial charge on any atom is 0.300 e. The minimum absolute atomic E-state index is 0.0564. The number of carbonyl (C=O) groups excluding carboxylic acids is 1. The van der Waals surface area contributed by atoms with E-state index in [4.69, 9.17) is 24.3 Å². The van der Waals surface area contributed by atoms with Gasteiger partial charge in [0.1, 0.15) is 5.75 Å². The Morgan fingerprint density at radius 3 is 2.36 bits per heavy atom. The molecule has 1 aliphatic rings. The van der Waals surface area contributed by atoms with Crippen LogP contribution in [0.1, 0.15) is 90.2 Å². The zero-order valence-corrected chi connectivity index (χ0v) is 25.4. The summed E-state index contributed by atoms with van der Waals surface area (Å²) in [5, 5.41) is 11.0. The van der Waals surface area contributed by atoms with Crippen LogP contribution in [0.25, 0.3) is 0 Å². The summed E-state index contributed by atoms with van der Waals surface area (Å²) >= 11 is 0. The topological polar surface area (TPSA) is 91.8 Å². The first-order chi connectivity index (χ1) is 18.7. The molecule has 1 amide bonds. The number of carboxylic acids is 1. The molecule has 1 heterocycles. The van der Waals surface area contributed by atoms with E-state index in [2.05, 4.69) is 57.7 Å². The van der Waals surface area contributed by atoms with Gasteiger partial charge in [0.2, 0.25) is 0 Å². The fraction of sp³-hybridized carbons (Fsp3) is 0.733. The molecule has 1 aliphatic heterocycles. The van der Waals surface area contributed by atoms with Gasteiger partial charge < -0.3 is 14.7 Å². The standard InChI is InChI=1S/C28H49N3O4.C2H4O2/c1-7-11-18-34-27-13-12-24(19-23(27)5)25-20-26(14-16-30(10-4)33-6)29(21-25)22-28(32)31(15-8-2)35-17-9-3;1-2(3)4/h12-13,19,25-26H,7-11,14-18,20-22H2,1-6H3;1H3,(H,3,4). The number of hydrogen-bond acceptors (Lipinski definition) is 7. The van der Waals surface area contributed by atoms with E-state index in [9.17, 15) is 4.79 Å². The summed E-state index contributed by atoms with van der Waals surface area (Å²) in [6.07, 6.45) is 5.98. The first-order valence-corrected chi connectivity index (χ1v) is 14.6. The Morgan fingerprint density at radius 1 is 1.08 bits per heavy atom. The number of amides is 1. The van der Waals surface area contributed by atoms with E-state index < -0.39 is 5.97 Å². The fourth-order valence-corrected chi connectivity index (χ4v) is 4.72. The second kappa shape index (κ2) is 19.8. The summed E-state index contributed by atoms with van der Waals surface area (Å²) in [4.78, 5) is 35.8. The second-order valence-electron chi connectivity index (χ2n) is 10.1. The van der Waals surface area contributed by atoms with Crippen molar-refractivity contribution in [1.29, 1.82) is 0 Å². The predicted octanol–water partition coefficient (Wildman–Crippen LogP) is 5.28. The van der Waals surface area contributed by atoms with Crippen molar-refractivity contribution in [1.82, 2.24) is 15.0 Å². The quantitative estimate of drug-likeness (QED) is 0.207. The Hall–Kier alpha value is -2.20.